The number of fused-ring (bicyclic) bond motifs is 1. The van der Waals surface area contributed by atoms with Gasteiger partial charge in [0.25, 0.3) is 0 Å². The highest BCUT2D eigenvalue weighted by Crippen LogP contribution is 2.63. The first-order valence-corrected chi connectivity index (χ1v) is 16.7. The van der Waals surface area contributed by atoms with E-state index in [1.807, 2.05) is 0 Å². The summed E-state index contributed by atoms with van der Waals surface area (Å²) in [7, 11) is 0. The number of hydrogen-bond acceptors (Lipinski definition) is 4. The molecule has 0 radical (unpaired) electrons. The predicted molar refractivity (Wildman–Crippen MR) is 154 cm³/mol. The van der Waals surface area contributed by atoms with Crippen LogP contribution in [0.5, 0.6) is 11.5 Å². The summed E-state index contributed by atoms with van der Waals surface area (Å²) in [4.78, 5) is 0. The van der Waals surface area contributed by atoms with Crippen LogP contribution >= 0.6 is 0 Å². The Morgan fingerprint density at radius 2 is 0.900 bits per heavy atom. The average Bonchev–Trinajstić information content (AvgIpc) is 3.84. The summed E-state index contributed by atoms with van der Waals surface area (Å²) in [5.74, 6) is 7.65. The highest BCUT2D eigenvalue weighted by atomic mass is 16.6. The quantitative estimate of drug-likeness (QED) is 0.329. The third kappa shape index (κ3) is 3.84. The van der Waals surface area contributed by atoms with E-state index in [2.05, 4.69) is 24.3 Å². The van der Waals surface area contributed by atoms with Crippen LogP contribution in [0.1, 0.15) is 88.2 Å². The van der Waals surface area contributed by atoms with Crippen molar-refractivity contribution >= 4 is 10.8 Å². The van der Waals surface area contributed by atoms with Gasteiger partial charge < -0.3 is 18.9 Å². The second kappa shape index (κ2) is 8.40. The highest BCUT2D eigenvalue weighted by Gasteiger charge is 2.53. The van der Waals surface area contributed by atoms with Gasteiger partial charge in [0, 0.05) is 0 Å². The molecular formula is C36H44O4. The summed E-state index contributed by atoms with van der Waals surface area (Å²) in [5.41, 5.74) is 3.81. The molecule has 8 aliphatic carbocycles. The van der Waals surface area contributed by atoms with Crippen molar-refractivity contribution < 1.29 is 18.9 Å². The van der Waals surface area contributed by atoms with Gasteiger partial charge in [-0.15, -0.1) is 0 Å². The van der Waals surface area contributed by atoms with Gasteiger partial charge in [-0.2, -0.15) is 0 Å². The highest BCUT2D eigenvalue weighted by molar-refractivity contribution is 5.95. The minimum Gasteiger partial charge on any atom is -0.490 e. The normalized spacial score (nSPS) is 45.3. The lowest BCUT2D eigenvalue weighted by atomic mass is 9.47. The molecule has 0 spiro atoms. The molecule has 212 valence electrons. The molecule has 2 aliphatic heterocycles. The Kier molecular flexibility index (Phi) is 4.99. The Morgan fingerprint density at radius 3 is 1.23 bits per heavy atom. The van der Waals surface area contributed by atoms with Crippen molar-refractivity contribution in [2.45, 2.75) is 100 Å². The minimum absolute atomic E-state index is 0.244. The monoisotopic (exact) mass is 540 g/mol. The fourth-order valence-electron chi connectivity index (χ4n) is 11.9. The largest absolute Gasteiger partial charge is 0.490 e. The lowest BCUT2D eigenvalue weighted by Gasteiger charge is -2.57. The van der Waals surface area contributed by atoms with Crippen LogP contribution in [0.15, 0.2) is 24.3 Å². The van der Waals surface area contributed by atoms with Gasteiger partial charge in [0.05, 0.1) is 18.6 Å². The number of hydrogen-bond donors (Lipinski definition) is 0. The van der Waals surface area contributed by atoms with Gasteiger partial charge in [-0.1, -0.05) is 12.1 Å². The molecule has 10 fully saturated rings. The molecule has 2 aromatic carbocycles. The van der Waals surface area contributed by atoms with Crippen molar-refractivity contribution in [2.75, 3.05) is 26.4 Å². The second-order valence-electron chi connectivity index (χ2n) is 16.0. The van der Waals surface area contributed by atoms with Crippen LogP contribution in [0.4, 0.5) is 0 Å². The van der Waals surface area contributed by atoms with E-state index in [1.54, 1.807) is 11.1 Å². The van der Waals surface area contributed by atoms with Crippen LogP contribution in [-0.2, 0) is 20.3 Å². The molecular weight excluding hydrogens is 496 g/mol. The van der Waals surface area contributed by atoms with Crippen LogP contribution in [0.2, 0.25) is 0 Å². The maximum absolute atomic E-state index is 6.66. The lowest BCUT2D eigenvalue weighted by Crippen LogP contribution is -2.48. The van der Waals surface area contributed by atoms with Crippen LogP contribution < -0.4 is 9.47 Å². The third-order valence-corrected chi connectivity index (χ3v) is 12.9. The standard InChI is InChI=1S/C36H44O4/c1-21-2-23-3-22(1)12-35(11-21,13-23)28-7-27-8-29(36-14-24-4-25(15-36)6-26(5-24)16-36)10-33(40-20-31-18-38-31)34(27)32(9-28)39-19-30-17-37-30/h7-10,21-26,30-31H,1-6,11-20H2. The molecule has 2 heterocycles. The summed E-state index contributed by atoms with van der Waals surface area (Å²) in [6.45, 7) is 2.93. The molecule has 0 amide bonds. The molecule has 2 atom stereocenters. The van der Waals surface area contributed by atoms with Crippen molar-refractivity contribution in [1.29, 1.82) is 0 Å². The zero-order valence-electron chi connectivity index (χ0n) is 23.9. The average molecular weight is 541 g/mol. The first-order valence-electron chi connectivity index (χ1n) is 16.7. The van der Waals surface area contributed by atoms with Crippen molar-refractivity contribution in [2.24, 2.45) is 35.5 Å². The zero-order chi connectivity index (χ0) is 26.1. The van der Waals surface area contributed by atoms with Gasteiger partial charge in [-0.3, -0.25) is 0 Å². The van der Waals surface area contributed by atoms with E-state index in [9.17, 15) is 0 Å². The molecule has 0 aromatic heterocycles. The summed E-state index contributed by atoms with van der Waals surface area (Å²) >= 11 is 0. The predicted octanol–water partition coefficient (Wildman–Crippen LogP) is 7.33. The van der Waals surface area contributed by atoms with E-state index in [4.69, 9.17) is 18.9 Å². The minimum atomic E-state index is 0.244. The zero-order valence-corrected chi connectivity index (χ0v) is 23.9. The molecule has 0 N–H and O–H groups in total. The summed E-state index contributed by atoms with van der Waals surface area (Å²) in [5, 5.41) is 2.54. The fraction of sp³-hybridized carbons (Fsp3) is 0.722. The lowest BCUT2D eigenvalue weighted by molar-refractivity contribution is -0.00532. The molecule has 10 aliphatic rings. The van der Waals surface area contributed by atoms with Crippen LogP contribution in [0, 0.1) is 35.5 Å². The van der Waals surface area contributed by atoms with Gasteiger partial charge in [-0.05, 0) is 152 Å². The Labute approximate surface area is 238 Å². The molecule has 4 heteroatoms. The Morgan fingerprint density at radius 1 is 0.550 bits per heavy atom. The number of epoxide rings is 2. The van der Waals surface area contributed by atoms with E-state index < -0.39 is 0 Å². The maximum Gasteiger partial charge on any atom is 0.131 e. The third-order valence-electron chi connectivity index (χ3n) is 12.9. The first kappa shape index (κ1) is 23.7. The first-order chi connectivity index (χ1) is 19.6. The van der Waals surface area contributed by atoms with E-state index in [-0.39, 0.29) is 12.2 Å². The molecule has 8 saturated carbocycles. The molecule has 40 heavy (non-hydrogen) atoms. The van der Waals surface area contributed by atoms with Crippen LogP contribution in [0.3, 0.4) is 0 Å². The van der Waals surface area contributed by atoms with E-state index in [0.717, 1.165) is 60.2 Å². The van der Waals surface area contributed by atoms with Crippen LogP contribution in [-0.4, -0.2) is 38.6 Å². The Balaban J connectivity index is 1.13. The Hall–Kier alpha value is -1.78. The summed E-state index contributed by atoms with van der Waals surface area (Å²) in [6, 6.07) is 10.1. The van der Waals surface area contributed by atoms with Gasteiger partial charge in [0.1, 0.15) is 36.9 Å². The SMILES string of the molecule is c1c(C23CC4CC(CC(C4)C2)C3)cc2cc(C34CC5CC(CC(C5)C3)C4)cc(OCC3CO3)c2c1OCC1CO1. The molecule has 8 bridgehead atoms. The second-order valence-corrected chi connectivity index (χ2v) is 16.0. The smallest absolute Gasteiger partial charge is 0.131 e. The van der Waals surface area contributed by atoms with Crippen molar-refractivity contribution in [3.63, 3.8) is 0 Å². The number of benzene rings is 2. The molecule has 2 saturated heterocycles. The van der Waals surface area contributed by atoms with Gasteiger partial charge in [0.2, 0.25) is 0 Å². The number of ether oxygens (including phenoxy) is 4. The molecule has 4 nitrogen and oxygen atoms in total. The fourth-order valence-corrected chi connectivity index (χ4v) is 11.9. The van der Waals surface area contributed by atoms with Crippen molar-refractivity contribution in [3.05, 3.63) is 35.4 Å². The molecule has 2 aromatic rings. The molecule has 2 unspecified atom stereocenters. The van der Waals surface area contributed by atoms with Crippen LogP contribution in [0.25, 0.3) is 10.8 Å². The van der Waals surface area contributed by atoms with Crippen molar-refractivity contribution in [3.8, 4) is 11.5 Å². The Bertz CT molecular complexity index is 1180. The van der Waals surface area contributed by atoms with Gasteiger partial charge in [0.15, 0.2) is 0 Å². The van der Waals surface area contributed by atoms with Gasteiger partial charge >= 0.3 is 0 Å². The summed E-state index contributed by atoms with van der Waals surface area (Å²) in [6.07, 6.45) is 17.7. The maximum atomic E-state index is 6.66. The topological polar surface area (TPSA) is 43.5 Å². The summed E-state index contributed by atoms with van der Waals surface area (Å²) < 4.78 is 24.5. The van der Waals surface area contributed by atoms with Crippen molar-refractivity contribution in [1.82, 2.24) is 0 Å². The number of rotatable bonds is 8. The van der Waals surface area contributed by atoms with E-state index in [0.29, 0.717) is 24.0 Å². The van der Waals surface area contributed by atoms with E-state index >= 15 is 0 Å². The molecule has 12 rings (SSSR count). The van der Waals surface area contributed by atoms with Gasteiger partial charge in [-0.25, -0.2) is 0 Å². The van der Waals surface area contributed by atoms with E-state index in [1.165, 1.54) is 87.8 Å².